The molecule has 2 aromatic carbocycles. The molecule has 1 aliphatic heterocycles. The van der Waals surface area contributed by atoms with Gasteiger partial charge in [-0.2, -0.15) is 0 Å². The van der Waals surface area contributed by atoms with E-state index in [9.17, 15) is 4.79 Å². The number of anilines is 1. The van der Waals surface area contributed by atoms with Gasteiger partial charge < -0.3 is 14.5 Å². The molecule has 0 atom stereocenters. The molecule has 1 amide bonds. The fraction of sp³-hybridized carbons (Fsp3) is 0.360. The first-order chi connectivity index (χ1) is 14.6. The van der Waals surface area contributed by atoms with Gasteiger partial charge in [-0.15, -0.1) is 0 Å². The number of ether oxygens (including phenoxy) is 1. The number of amides is 1. The molecule has 0 saturated carbocycles. The normalized spacial score (nSPS) is 14.2. The number of hydrogen-bond acceptors (Lipinski definition) is 4. The summed E-state index contributed by atoms with van der Waals surface area (Å²) in [6.45, 7) is 7.84. The topological polar surface area (TPSA) is 45.7 Å². The lowest BCUT2D eigenvalue weighted by Gasteiger charge is -2.35. The maximum atomic E-state index is 12.6. The van der Waals surface area contributed by atoms with Gasteiger partial charge in [0.1, 0.15) is 11.6 Å². The zero-order chi connectivity index (χ0) is 20.9. The quantitative estimate of drug-likeness (QED) is 0.574. The minimum atomic E-state index is 0.214. The van der Waals surface area contributed by atoms with E-state index in [1.54, 1.807) is 0 Å². The van der Waals surface area contributed by atoms with Crippen LogP contribution in [0.1, 0.15) is 24.0 Å². The second kappa shape index (κ2) is 9.16. The van der Waals surface area contributed by atoms with Gasteiger partial charge in [-0.1, -0.05) is 36.4 Å². The van der Waals surface area contributed by atoms with Crippen LogP contribution in [0.5, 0.6) is 5.75 Å². The lowest BCUT2D eigenvalue weighted by atomic mass is 10.1. The molecule has 0 spiro atoms. The van der Waals surface area contributed by atoms with Crippen molar-refractivity contribution in [3.8, 4) is 5.75 Å². The molecule has 1 fully saturated rings. The Morgan fingerprint density at radius 2 is 1.70 bits per heavy atom. The average molecular weight is 404 g/mol. The number of rotatable bonds is 6. The summed E-state index contributed by atoms with van der Waals surface area (Å²) in [6, 6.07) is 18.4. The summed E-state index contributed by atoms with van der Waals surface area (Å²) in [5.74, 6) is 2.12. The average Bonchev–Trinajstić information content (AvgIpc) is 2.78. The molecule has 0 radical (unpaired) electrons. The SMILES string of the molecule is Cc1ccccc1OCCCC(=O)N1CCN(c2cc(C)c3ccccc3n2)CC1. The van der Waals surface area contributed by atoms with Crippen LogP contribution in [0.4, 0.5) is 5.82 Å². The summed E-state index contributed by atoms with van der Waals surface area (Å²) < 4.78 is 5.81. The van der Waals surface area contributed by atoms with Gasteiger partial charge in [0.15, 0.2) is 0 Å². The predicted molar refractivity (Wildman–Crippen MR) is 121 cm³/mol. The Bertz CT molecular complexity index is 1030. The van der Waals surface area contributed by atoms with Gasteiger partial charge in [-0.3, -0.25) is 4.79 Å². The van der Waals surface area contributed by atoms with Crippen molar-refractivity contribution in [3.63, 3.8) is 0 Å². The molecular formula is C25H29N3O2. The Kier molecular flexibility index (Phi) is 6.17. The highest BCUT2D eigenvalue weighted by Gasteiger charge is 2.22. The van der Waals surface area contributed by atoms with Crippen LogP contribution in [-0.2, 0) is 4.79 Å². The summed E-state index contributed by atoms with van der Waals surface area (Å²) in [5, 5.41) is 1.20. The molecule has 0 N–H and O–H groups in total. The van der Waals surface area contributed by atoms with Crippen molar-refractivity contribution in [2.45, 2.75) is 26.7 Å². The number of carbonyl (C=O) groups is 1. The maximum absolute atomic E-state index is 12.6. The van der Waals surface area contributed by atoms with Gasteiger partial charge in [-0.05, 0) is 49.6 Å². The van der Waals surface area contributed by atoms with Crippen LogP contribution in [0.15, 0.2) is 54.6 Å². The van der Waals surface area contributed by atoms with Crippen LogP contribution in [0.3, 0.4) is 0 Å². The van der Waals surface area contributed by atoms with Gasteiger partial charge >= 0.3 is 0 Å². The monoisotopic (exact) mass is 403 g/mol. The van der Waals surface area contributed by atoms with Gasteiger partial charge in [0.25, 0.3) is 0 Å². The van der Waals surface area contributed by atoms with Crippen molar-refractivity contribution in [2.75, 3.05) is 37.7 Å². The van der Waals surface area contributed by atoms with Gasteiger partial charge in [-0.25, -0.2) is 4.98 Å². The summed E-state index contributed by atoms with van der Waals surface area (Å²) >= 11 is 0. The fourth-order valence-electron chi connectivity index (χ4n) is 3.96. The number of aryl methyl sites for hydroxylation is 2. The Balaban J connectivity index is 1.26. The Labute approximate surface area is 178 Å². The van der Waals surface area contributed by atoms with Crippen molar-refractivity contribution in [1.29, 1.82) is 0 Å². The highest BCUT2D eigenvalue weighted by molar-refractivity contribution is 5.84. The molecule has 3 aromatic rings. The number of pyridine rings is 1. The van der Waals surface area contributed by atoms with E-state index in [-0.39, 0.29) is 5.91 Å². The maximum Gasteiger partial charge on any atom is 0.222 e. The minimum Gasteiger partial charge on any atom is -0.493 e. The molecule has 4 rings (SSSR count). The summed E-state index contributed by atoms with van der Waals surface area (Å²) in [4.78, 5) is 21.7. The van der Waals surface area contributed by atoms with Crippen LogP contribution in [0.25, 0.3) is 10.9 Å². The molecule has 0 aliphatic carbocycles. The minimum absolute atomic E-state index is 0.214. The number of carbonyl (C=O) groups excluding carboxylic acids is 1. The third-order valence-corrected chi connectivity index (χ3v) is 5.75. The lowest BCUT2D eigenvalue weighted by molar-refractivity contribution is -0.131. The molecule has 0 bridgehead atoms. The zero-order valence-electron chi connectivity index (χ0n) is 17.8. The van der Waals surface area contributed by atoms with E-state index in [4.69, 9.17) is 9.72 Å². The molecule has 1 aliphatic rings. The first kappa shape index (κ1) is 20.2. The predicted octanol–water partition coefficient (Wildman–Crippen LogP) is 4.36. The summed E-state index contributed by atoms with van der Waals surface area (Å²) in [5.41, 5.74) is 3.39. The van der Waals surface area contributed by atoms with Crippen molar-refractivity contribution < 1.29 is 9.53 Å². The van der Waals surface area contributed by atoms with Crippen LogP contribution in [-0.4, -0.2) is 48.6 Å². The fourth-order valence-corrected chi connectivity index (χ4v) is 3.96. The van der Waals surface area contributed by atoms with E-state index in [2.05, 4.69) is 30.0 Å². The highest BCUT2D eigenvalue weighted by Crippen LogP contribution is 2.23. The number of nitrogens with zero attached hydrogens (tertiary/aromatic N) is 3. The van der Waals surface area contributed by atoms with E-state index < -0.39 is 0 Å². The first-order valence-corrected chi connectivity index (χ1v) is 10.7. The van der Waals surface area contributed by atoms with Crippen LogP contribution >= 0.6 is 0 Å². The molecule has 156 valence electrons. The molecule has 5 heteroatoms. The molecule has 5 nitrogen and oxygen atoms in total. The first-order valence-electron chi connectivity index (χ1n) is 10.7. The molecule has 2 heterocycles. The molecule has 1 aromatic heterocycles. The number of para-hydroxylation sites is 2. The van der Waals surface area contributed by atoms with E-state index in [1.807, 2.05) is 48.2 Å². The van der Waals surface area contributed by atoms with Crippen LogP contribution < -0.4 is 9.64 Å². The molecule has 30 heavy (non-hydrogen) atoms. The Morgan fingerprint density at radius 1 is 0.967 bits per heavy atom. The van der Waals surface area contributed by atoms with Crippen LogP contribution in [0.2, 0.25) is 0 Å². The van der Waals surface area contributed by atoms with E-state index >= 15 is 0 Å². The molecule has 0 unspecified atom stereocenters. The van der Waals surface area contributed by atoms with E-state index in [0.29, 0.717) is 13.0 Å². The number of piperazine rings is 1. The smallest absolute Gasteiger partial charge is 0.222 e. The summed E-state index contributed by atoms with van der Waals surface area (Å²) in [6.07, 6.45) is 1.26. The van der Waals surface area contributed by atoms with Gasteiger partial charge in [0.05, 0.1) is 12.1 Å². The second-order valence-corrected chi connectivity index (χ2v) is 7.90. The molecule has 1 saturated heterocycles. The number of fused-ring (bicyclic) bond motifs is 1. The van der Waals surface area contributed by atoms with Gasteiger partial charge in [0.2, 0.25) is 5.91 Å². The zero-order valence-corrected chi connectivity index (χ0v) is 17.8. The standard InChI is InChI=1S/C25H29N3O2/c1-19-8-3-6-11-23(19)30-17-7-12-25(29)28-15-13-27(14-16-28)24-18-20(2)21-9-4-5-10-22(21)26-24/h3-6,8-11,18H,7,12-17H2,1-2H3. The summed E-state index contributed by atoms with van der Waals surface area (Å²) in [7, 11) is 0. The van der Waals surface area contributed by atoms with E-state index in [1.165, 1.54) is 10.9 Å². The number of benzene rings is 2. The Morgan fingerprint density at radius 3 is 2.50 bits per heavy atom. The lowest BCUT2D eigenvalue weighted by Crippen LogP contribution is -2.49. The van der Waals surface area contributed by atoms with E-state index in [0.717, 1.165) is 55.2 Å². The third-order valence-electron chi connectivity index (χ3n) is 5.75. The highest BCUT2D eigenvalue weighted by atomic mass is 16.5. The molecular weight excluding hydrogens is 374 g/mol. The second-order valence-electron chi connectivity index (χ2n) is 7.90. The van der Waals surface area contributed by atoms with Crippen molar-refractivity contribution in [1.82, 2.24) is 9.88 Å². The number of hydrogen-bond donors (Lipinski definition) is 0. The number of aromatic nitrogens is 1. The van der Waals surface area contributed by atoms with Crippen molar-refractivity contribution in [2.24, 2.45) is 0 Å². The van der Waals surface area contributed by atoms with Crippen molar-refractivity contribution in [3.05, 3.63) is 65.7 Å². The van der Waals surface area contributed by atoms with Crippen molar-refractivity contribution >= 4 is 22.6 Å². The Hall–Kier alpha value is -3.08. The largest absolute Gasteiger partial charge is 0.493 e. The van der Waals surface area contributed by atoms with Crippen LogP contribution in [0, 0.1) is 13.8 Å². The third kappa shape index (κ3) is 4.56. The van der Waals surface area contributed by atoms with Gasteiger partial charge in [0, 0.05) is 38.0 Å².